The number of benzene rings is 1. The smallest absolute Gasteiger partial charge is 0.269 e. The Labute approximate surface area is 125 Å². The molecule has 5 heteroatoms. The minimum absolute atomic E-state index is 0.114. The van der Waals surface area contributed by atoms with Gasteiger partial charge in [-0.2, -0.15) is 5.10 Å². The molecule has 0 fully saturated rings. The van der Waals surface area contributed by atoms with Gasteiger partial charge >= 0.3 is 0 Å². The fourth-order valence-corrected chi connectivity index (χ4v) is 2.16. The molecule has 2 N–H and O–H groups in total. The van der Waals surface area contributed by atoms with Gasteiger partial charge in [-0.3, -0.25) is 9.89 Å². The lowest BCUT2D eigenvalue weighted by molar-refractivity contribution is 0.0944. The summed E-state index contributed by atoms with van der Waals surface area (Å²) < 4.78 is 0. The van der Waals surface area contributed by atoms with Gasteiger partial charge in [0.25, 0.3) is 5.91 Å². The molecule has 0 saturated carbocycles. The van der Waals surface area contributed by atoms with Gasteiger partial charge in [-0.1, -0.05) is 44.2 Å². The first-order valence-electron chi connectivity index (χ1n) is 7.36. The molecule has 0 spiro atoms. The Hall–Kier alpha value is -2.14. The molecule has 1 amide bonds. The molecule has 112 valence electrons. The number of hydrogen-bond acceptors (Lipinski definition) is 3. The first kappa shape index (κ1) is 15.3. The third-order valence-corrected chi connectivity index (χ3v) is 3.50. The van der Waals surface area contributed by atoms with E-state index in [2.05, 4.69) is 34.3 Å². The van der Waals surface area contributed by atoms with Crippen molar-refractivity contribution in [1.82, 2.24) is 20.4 Å². The molecule has 0 saturated heterocycles. The second-order valence-corrected chi connectivity index (χ2v) is 4.82. The lowest BCUT2D eigenvalue weighted by Gasteiger charge is -2.17. The quantitative estimate of drug-likeness (QED) is 0.820. The summed E-state index contributed by atoms with van der Waals surface area (Å²) in [6.45, 7) is 7.72. The predicted molar refractivity (Wildman–Crippen MR) is 84.1 cm³/mol. The number of H-pyrrole nitrogens is 1. The van der Waals surface area contributed by atoms with E-state index in [4.69, 9.17) is 0 Å². The molecule has 5 nitrogen and oxygen atoms in total. The molecule has 0 aliphatic rings. The van der Waals surface area contributed by atoms with Crippen LogP contribution >= 0.6 is 0 Å². The summed E-state index contributed by atoms with van der Waals surface area (Å²) in [6, 6.07) is 11.6. The van der Waals surface area contributed by atoms with Crippen LogP contribution in [0.3, 0.4) is 0 Å². The second kappa shape index (κ2) is 7.59. The van der Waals surface area contributed by atoms with Crippen molar-refractivity contribution in [1.29, 1.82) is 0 Å². The van der Waals surface area contributed by atoms with Crippen LogP contribution < -0.4 is 5.32 Å². The summed E-state index contributed by atoms with van der Waals surface area (Å²) in [5, 5.41) is 9.89. The van der Waals surface area contributed by atoms with Crippen molar-refractivity contribution in [3.05, 3.63) is 42.1 Å². The molecule has 21 heavy (non-hydrogen) atoms. The minimum atomic E-state index is -0.114. The van der Waals surface area contributed by atoms with E-state index in [0.717, 1.165) is 30.9 Å². The van der Waals surface area contributed by atoms with Crippen LogP contribution in [0.25, 0.3) is 11.3 Å². The topological polar surface area (TPSA) is 61.0 Å². The Kier molecular flexibility index (Phi) is 5.51. The summed E-state index contributed by atoms with van der Waals surface area (Å²) >= 11 is 0. The van der Waals surface area contributed by atoms with Gasteiger partial charge in [-0.15, -0.1) is 0 Å². The highest BCUT2D eigenvalue weighted by Crippen LogP contribution is 2.16. The van der Waals surface area contributed by atoms with Crippen LogP contribution in [0, 0.1) is 0 Å². The van der Waals surface area contributed by atoms with Crippen molar-refractivity contribution in [2.45, 2.75) is 13.8 Å². The van der Waals surface area contributed by atoms with E-state index in [1.165, 1.54) is 0 Å². The van der Waals surface area contributed by atoms with Crippen LogP contribution in [0.15, 0.2) is 36.4 Å². The maximum absolute atomic E-state index is 12.0. The van der Waals surface area contributed by atoms with Crippen LogP contribution in [0.2, 0.25) is 0 Å². The second-order valence-electron chi connectivity index (χ2n) is 4.82. The van der Waals surface area contributed by atoms with E-state index >= 15 is 0 Å². The lowest BCUT2D eigenvalue weighted by atomic mass is 10.1. The predicted octanol–water partition coefficient (Wildman–Crippen LogP) is 2.15. The minimum Gasteiger partial charge on any atom is -0.349 e. The molecule has 0 bridgehead atoms. The van der Waals surface area contributed by atoms with Gasteiger partial charge < -0.3 is 10.2 Å². The van der Waals surface area contributed by atoms with Gasteiger partial charge in [0.05, 0.1) is 5.69 Å². The number of carbonyl (C=O) groups excluding carboxylic acids is 1. The van der Waals surface area contributed by atoms with Crippen molar-refractivity contribution in [3.8, 4) is 11.3 Å². The van der Waals surface area contributed by atoms with Gasteiger partial charge in [0, 0.05) is 18.7 Å². The molecule has 0 aliphatic carbocycles. The highest BCUT2D eigenvalue weighted by Gasteiger charge is 2.10. The SMILES string of the molecule is CCN(CC)CCNC(=O)c1cc(-c2ccccc2)n[nH]1. The van der Waals surface area contributed by atoms with Gasteiger partial charge in [0.1, 0.15) is 5.69 Å². The standard InChI is InChI=1S/C16H22N4O/c1-3-20(4-2)11-10-17-16(21)15-12-14(18-19-15)13-8-6-5-7-9-13/h5-9,12H,3-4,10-11H2,1-2H3,(H,17,21)(H,18,19). The number of amides is 1. The fourth-order valence-electron chi connectivity index (χ4n) is 2.16. The third-order valence-electron chi connectivity index (χ3n) is 3.50. The van der Waals surface area contributed by atoms with Crippen molar-refractivity contribution in [3.63, 3.8) is 0 Å². The summed E-state index contributed by atoms with van der Waals surface area (Å²) in [6.07, 6.45) is 0. The zero-order valence-electron chi connectivity index (χ0n) is 12.6. The van der Waals surface area contributed by atoms with Crippen molar-refractivity contribution < 1.29 is 4.79 Å². The summed E-state index contributed by atoms with van der Waals surface area (Å²) in [5.74, 6) is -0.114. The summed E-state index contributed by atoms with van der Waals surface area (Å²) in [5.41, 5.74) is 2.27. The number of aromatic nitrogens is 2. The molecular formula is C16H22N4O. The molecule has 2 rings (SSSR count). The molecule has 1 heterocycles. The van der Waals surface area contributed by atoms with Gasteiger partial charge in [0.15, 0.2) is 0 Å². The molecule has 0 unspecified atom stereocenters. The van der Waals surface area contributed by atoms with Crippen LogP contribution in [-0.2, 0) is 0 Å². The van der Waals surface area contributed by atoms with Gasteiger partial charge in [-0.05, 0) is 19.2 Å². The van der Waals surface area contributed by atoms with Crippen LogP contribution in [0.1, 0.15) is 24.3 Å². The molecule has 0 radical (unpaired) electrons. The highest BCUT2D eigenvalue weighted by molar-refractivity contribution is 5.93. The zero-order valence-corrected chi connectivity index (χ0v) is 12.6. The number of carbonyl (C=O) groups is 1. The van der Waals surface area contributed by atoms with Gasteiger partial charge in [-0.25, -0.2) is 0 Å². The van der Waals surface area contributed by atoms with E-state index in [0.29, 0.717) is 12.2 Å². The van der Waals surface area contributed by atoms with Crippen LogP contribution in [0.4, 0.5) is 0 Å². The van der Waals surface area contributed by atoms with E-state index < -0.39 is 0 Å². The largest absolute Gasteiger partial charge is 0.349 e. The first-order chi connectivity index (χ1) is 10.2. The Balaban J connectivity index is 1.91. The normalized spacial score (nSPS) is 10.8. The molecule has 2 aromatic rings. The van der Waals surface area contributed by atoms with E-state index in [1.807, 2.05) is 30.3 Å². The molecule has 1 aromatic carbocycles. The number of nitrogens with one attached hydrogen (secondary N) is 2. The number of aromatic amines is 1. The zero-order chi connectivity index (χ0) is 15.1. The summed E-state index contributed by atoms with van der Waals surface area (Å²) in [7, 11) is 0. The van der Waals surface area contributed by atoms with Crippen LogP contribution in [0.5, 0.6) is 0 Å². The fraction of sp³-hybridized carbons (Fsp3) is 0.375. The Morgan fingerprint density at radius 1 is 1.24 bits per heavy atom. The highest BCUT2D eigenvalue weighted by atomic mass is 16.1. The summed E-state index contributed by atoms with van der Waals surface area (Å²) in [4.78, 5) is 14.3. The van der Waals surface area contributed by atoms with E-state index in [9.17, 15) is 4.79 Å². The molecule has 1 aromatic heterocycles. The van der Waals surface area contributed by atoms with E-state index in [-0.39, 0.29) is 5.91 Å². The monoisotopic (exact) mass is 286 g/mol. The average Bonchev–Trinajstić information content (AvgIpc) is 3.02. The lowest BCUT2D eigenvalue weighted by Crippen LogP contribution is -2.34. The molecule has 0 aliphatic heterocycles. The maximum atomic E-state index is 12.0. The number of likely N-dealkylation sites (N-methyl/N-ethyl adjacent to an activating group) is 1. The maximum Gasteiger partial charge on any atom is 0.269 e. The average molecular weight is 286 g/mol. The number of nitrogens with zero attached hydrogens (tertiary/aromatic N) is 2. The first-order valence-corrected chi connectivity index (χ1v) is 7.36. The van der Waals surface area contributed by atoms with Crippen molar-refractivity contribution in [2.75, 3.05) is 26.2 Å². The third kappa shape index (κ3) is 4.16. The molecular weight excluding hydrogens is 264 g/mol. The van der Waals surface area contributed by atoms with Gasteiger partial charge in [0.2, 0.25) is 0 Å². The molecule has 0 atom stereocenters. The number of rotatable bonds is 7. The van der Waals surface area contributed by atoms with E-state index in [1.54, 1.807) is 6.07 Å². The number of hydrogen-bond donors (Lipinski definition) is 2. The van der Waals surface area contributed by atoms with Crippen LogP contribution in [-0.4, -0.2) is 47.2 Å². The Bertz CT molecular complexity index is 561. The van der Waals surface area contributed by atoms with Crippen molar-refractivity contribution in [2.24, 2.45) is 0 Å². The Morgan fingerprint density at radius 2 is 1.95 bits per heavy atom. The van der Waals surface area contributed by atoms with Crippen molar-refractivity contribution >= 4 is 5.91 Å². The Morgan fingerprint density at radius 3 is 2.62 bits per heavy atom.